The molecule has 3 aromatic carbocycles. The van der Waals surface area contributed by atoms with E-state index in [0.29, 0.717) is 31.1 Å². The summed E-state index contributed by atoms with van der Waals surface area (Å²) < 4.78 is 12.7. The maximum atomic E-state index is 15.3. The molecule has 1 N–H and O–H groups in total. The molecule has 282 valence electrons. The number of rotatable bonds is 9. The molecule has 1 spiro atoms. The predicted molar refractivity (Wildman–Crippen MR) is 211 cm³/mol. The molecule has 53 heavy (non-hydrogen) atoms. The maximum absolute atomic E-state index is 15.3. The number of methoxy groups -OCH3 is 1. The van der Waals surface area contributed by atoms with E-state index >= 15 is 4.79 Å². The smallest absolute Gasteiger partial charge is 0.264 e. The first kappa shape index (κ1) is 37.6. The van der Waals surface area contributed by atoms with Crippen molar-refractivity contribution in [3.05, 3.63) is 82.9 Å². The van der Waals surface area contributed by atoms with Gasteiger partial charge in [-0.3, -0.25) is 14.4 Å². The lowest BCUT2D eigenvalue weighted by Gasteiger charge is -2.37. The summed E-state index contributed by atoms with van der Waals surface area (Å²) in [6, 6.07) is 21.5. The number of carbonyl (C=O) groups excluding carboxylic acids is 3. The van der Waals surface area contributed by atoms with Crippen LogP contribution in [-0.2, 0) is 31.3 Å². The van der Waals surface area contributed by atoms with Crippen LogP contribution in [-0.4, -0.2) is 74.8 Å². The largest absolute Gasteiger partial charge is 0.497 e. The monoisotopic (exact) mass is 757 g/mol. The van der Waals surface area contributed by atoms with Crippen molar-refractivity contribution in [2.24, 2.45) is 5.92 Å². The Kier molecular flexibility index (Phi) is 10.8. The number of nitrogens with zero attached hydrogens (tertiary/aromatic N) is 3. The Morgan fingerprint density at radius 3 is 2.53 bits per heavy atom. The van der Waals surface area contributed by atoms with Gasteiger partial charge in [-0.1, -0.05) is 73.9 Å². The number of amides is 3. The predicted octanol–water partition coefficient (Wildman–Crippen LogP) is 6.78. The molecule has 0 bridgehead atoms. The number of carbonyl (C=O) groups is 3. The molecular weight excluding hydrogens is 706 g/mol. The van der Waals surface area contributed by atoms with Gasteiger partial charge in [-0.15, -0.1) is 0 Å². The molecule has 11 heteroatoms. The number of halogens is 1. The number of benzene rings is 3. The molecule has 0 unspecified atom stereocenters. The fourth-order valence-electron chi connectivity index (χ4n) is 9.72. The normalized spacial score (nSPS) is 26.3. The number of aliphatic hydroxyl groups is 1. The summed E-state index contributed by atoms with van der Waals surface area (Å²) >= 11 is 6.71. The SMILES string of the molecule is COc1ccc([Si](C)(C)[C@H]2[C@H](CC(=O)N3CCC[C@H]3CO)O[C@@]3(C(=O)N(Cc4cccc(N5CCCCCCC5=O)c4)c4ccc(Cl)cc43)[C@@H]2C)cc1. The first-order valence-electron chi connectivity index (χ1n) is 19.2. The van der Waals surface area contributed by atoms with Gasteiger partial charge in [0.2, 0.25) is 11.8 Å². The topological polar surface area (TPSA) is 99.6 Å². The summed E-state index contributed by atoms with van der Waals surface area (Å²) in [4.78, 5) is 48.0. The zero-order valence-electron chi connectivity index (χ0n) is 31.4. The van der Waals surface area contributed by atoms with Crippen LogP contribution in [0.3, 0.4) is 0 Å². The highest BCUT2D eigenvalue weighted by Gasteiger charge is 2.66. The average molecular weight is 758 g/mol. The average Bonchev–Trinajstić information content (AvgIpc) is 3.80. The summed E-state index contributed by atoms with van der Waals surface area (Å²) in [6.07, 6.45) is 5.81. The Balaban J connectivity index is 1.27. The highest BCUT2D eigenvalue weighted by Crippen LogP contribution is 2.60. The number of hydrogen-bond acceptors (Lipinski definition) is 6. The van der Waals surface area contributed by atoms with E-state index in [1.165, 1.54) is 5.19 Å². The molecule has 0 aromatic heterocycles. The molecular formula is C42H52ClN3O6Si. The quantitative estimate of drug-likeness (QED) is 0.242. The fourth-order valence-corrected chi connectivity index (χ4v) is 13.9. The van der Waals surface area contributed by atoms with Gasteiger partial charge in [-0.05, 0) is 79.3 Å². The lowest BCUT2D eigenvalue weighted by Crippen LogP contribution is -2.52. The standard InChI is InChI=1S/C42H52ClN3O6Si/c1-28-40(53(3,4)34-18-16-33(51-2)17-19-34)37(25-39(49)45-22-10-13-32(45)27-47)52-42(28)35-24-30(43)15-20-36(35)46(41(42)50)26-29-11-9-12-31(23-29)44-21-8-6-5-7-14-38(44)48/h9,11-12,15-20,23-24,28,32,37,40,47H,5-8,10,13-14,21-22,25-27H2,1-4H3/t28-,32+,37+,40-,42+/m1/s1. The van der Waals surface area contributed by atoms with Crippen LogP contribution in [0.2, 0.25) is 23.7 Å². The van der Waals surface area contributed by atoms with E-state index in [0.717, 1.165) is 66.8 Å². The fraction of sp³-hybridized carbons (Fsp3) is 0.500. The number of hydrogen-bond donors (Lipinski definition) is 1. The molecule has 0 saturated carbocycles. The van der Waals surface area contributed by atoms with Crippen LogP contribution in [0.25, 0.3) is 0 Å². The Labute approximate surface area is 319 Å². The molecule has 0 radical (unpaired) electrons. The molecule has 4 aliphatic heterocycles. The minimum atomic E-state index is -2.48. The highest BCUT2D eigenvalue weighted by atomic mass is 35.5. The van der Waals surface area contributed by atoms with E-state index in [4.69, 9.17) is 21.1 Å². The van der Waals surface area contributed by atoms with Gasteiger partial charge >= 0.3 is 0 Å². The van der Waals surface area contributed by atoms with Gasteiger partial charge in [0.25, 0.3) is 5.91 Å². The minimum absolute atomic E-state index is 0.0514. The van der Waals surface area contributed by atoms with Crippen molar-refractivity contribution in [1.82, 2.24) is 4.90 Å². The second-order valence-corrected chi connectivity index (χ2v) is 21.0. The van der Waals surface area contributed by atoms with E-state index in [1.807, 2.05) is 64.4 Å². The number of likely N-dealkylation sites (tertiary alicyclic amines) is 1. The van der Waals surface area contributed by atoms with Gasteiger partial charge in [-0.2, -0.15) is 0 Å². The third-order valence-electron chi connectivity index (χ3n) is 12.5. The van der Waals surface area contributed by atoms with Crippen LogP contribution in [0, 0.1) is 5.92 Å². The number of ether oxygens (including phenoxy) is 2. The number of aliphatic hydroxyl groups excluding tert-OH is 1. The van der Waals surface area contributed by atoms with E-state index in [2.05, 4.69) is 32.2 Å². The molecule has 7 rings (SSSR count). The lowest BCUT2D eigenvalue weighted by atomic mass is 9.82. The first-order chi connectivity index (χ1) is 25.5. The summed E-state index contributed by atoms with van der Waals surface area (Å²) in [6.45, 7) is 8.23. The van der Waals surface area contributed by atoms with Crippen molar-refractivity contribution in [2.75, 3.05) is 36.6 Å². The van der Waals surface area contributed by atoms with Crippen LogP contribution in [0.4, 0.5) is 11.4 Å². The Morgan fingerprint density at radius 2 is 1.77 bits per heavy atom. The zero-order chi connectivity index (χ0) is 37.5. The second-order valence-electron chi connectivity index (χ2n) is 15.9. The van der Waals surface area contributed by atoms with Gasteiger partial charge < -0.3 is 29.3 Å². The zero-order valence-corrected chi connectivity index (χ0v) is 33.1. The first-order valence-corrected chi connectivity index (χ1v) is 22.7. The van der Waals surface area contributed by atoms with Crippen molar-refractivity contribution in [1.29, 1.82) is 0 Å². The van der Waals surface area contributed by atoms with Gasteiger partial charge in [0.05, 0.1) is 52.6 Å². The van der Waals surface area contributed by atoms with Crippen LogP contribution in [0.1, 0.15) is 69.4 Å². The van der Waals surface area contributed by atoms with Gasteiger partial charge in [0, 0.05) is 41.7 Å². The summed E-state index contributed by atoms with van der Waals surface area (Å²) in [5, 5.41) is 11.8. The van der Waals surface area contributed by atoms with E-state index < -0.39 is 19.8 Å². The summed E-state index contributed by atoms with van der Waals surface area (Å²) in [5.41, 5.74) is 1.76. The summed E-state index contributed by atoms with van der Waals surface area (Å²) in [5.74, 6) is 0.400. The third-order valence-corrected chi connectivity index (χ3v) is 17.1. The van der Waals surface area contributed by atoms with Gasteiger partial charge in [-0.25, -0.2) is 0 Å². The molecule has 9 nitrogen and oxygen atoms in total. The lowest BCUT2D eigenvalue weighted by molar-refractivity contribution is -0.150. The van der Waals surface area contributed by atoms with Crippen molar-refractivity contribution in [3.63, 3.8) is 0 Å². The van der Waals surface area contributed by atoms with Crippen LogP contribution in [0.5, 0.6) is 5.75 Å². The van der Waals surface area contributed by atoms with E-state index in [9.17, 15) is 14.7 Å². The number of fused-ring (bicyclic) bond motifs is 2. The second kappa shape index (κ2) is 15.2. The Bertz CT molecular complexity index is 1850. The van der Waals surface area contributed by atoms with E-state index in [-0.39, 0.29) is 48.3 Å². The molecule has 3 aromatic rings. The molecule has 3 fully saturated rings. The van der Waals surface area contributed by atoms with Gasteiger partial charge in [0.1, 0.15) is 5.75 Å². The van der Waals surface area contributed by atoms with Gasteiger partial charge in [0.15, 0.2) is 5.60 Å². The van der Waals surface area contributed by atoms with Crippen LogP contribution < -0.4 is 19.7 Å². The Hall–Kier alpha value is -3.70. The van der Waals surface area contributed by atoms with Crippen molar-refractivity contribution in [3.8, 4) is 5.75 Å². The van der Waals surface area contributed by atoms with Crippen molar-refractivity contribution >= 4 is 54.0 Å². The molecule has 0 aliphatic carbocycles. The maximum Gasteiger partial charge on any atom is 0.264 e. The highest BCUT2D eigenvalue weighted by molar-refractivity contribution is 6.91. The Morgan fingerprint density at radius 1 is 1.00 bits per heavy atom. The van der Waals surface area contributed by atoms with Crippen molar-refractivity contribution < 1.29 is 29.0 Å². The van der Waals surface area contributed by atoms with Crippen molar-refractivity contribution in [2.45, 2.75) is 101 Å². The minimum Gasteiger partial charge on any atom is -0.497 e. The molecule has 4 aliphatic rings. The molecule has 4 heterocycles. The summed E-state index contributed by atoms with van der Waals surface area (Å²) in [7, 11) is -0.824. The molecule has 3 amide bonds. The third kappa shape index (κ3) is 6.81. The number of anilines is 2. The van der Waals surface area contributed by atoms with E-state index in [1.54, 1.807) is 12.0 Å². The molecule has 5 atom stereocenters. The molecule has 3 saturated heterocycles. The van der Waals surface area contributed by atoms with Crippen LogP contribution >= 0.6 is 11.6 Å². The van der Waals surface area contributed by atoms with Crippen LogP contribution in [0.15, 0.2) is 66.7 Å².